The first-order valence-corrected chi connectivity index (χ1v) is 8.91. The van der Waals surface area contributed by atoms with Crippen LogP contribution in [-0.2, 0) is 15.8 Å². The van der Waals surface area contributed by atoms with Crippen molar-refractivity contribution in [2.24, 2.45) is 0 Å². The Morgan fingerprint density at radius 1 is 1.14 bits per heavy atom. The van der Waals surface area contributed by atoms with E-state index >= 15 is 0 Å². The lowest BCUT2D eigenvalue weighted by molar-refractivity contribution is 0.340. The molecule has 2 aromatic rings. The molecular formula is C15H16BrNO3S. The normalized spacial score (nSPS) is 11.1. The van der Waals surface area contributed by atoms with E-state index in [2.05, 4.69) is 20.7 Å². The quantitative estimate of drug-likeness (QED) is 0.842. The molecule has 0 spiro atoms. The van der Waals surface area contributed by atoms with Crippen molar-refractivity contribution in [1.29, 1.82) is 0 Å². The van der Waals surface area contributed by atoms with Crippen LogP contribution < -0.4 is 9.46 Å². The van der Waals surface area contributed by atoms with Gasteiger partial charge in [-0.05, 0) is 36.8 Å². The van der Waals surface area contributed by atoms with Gasteiger partial charge in [0, 0.05) is 10.5 Å². The summed E-state index contributed by atoms with van der Waals surface area (Å²) in [5.41, 5.74) is 1.23. The van der Waals surface area contributed by atoms with E-state index < -0.39 is 10.0 Å². The zero-order chi connectivity index (χ0) is 15.3. The fourth-order valence-corrected chi connectivity index (χ4v) is 3.29. The Bertz CT molecular complexity index is 699. The summed E-state index contributed by atoms with van der Waals surface area (Å²) in [7, 11) is -3.45. The van der Waals surface area contributed by atoms with Gasteiger partial charge in [-0.2, -0.15) is 0 Å². The molecule has 0 unspecified atom stereocenters. The number of ether oxygens (including phenoxy) is 1. The number of hydrogen-bond donors (Lipinski definition) is 1. The first-order valence-electron chi connectivity index (χ1n) is 6.46. The minimum absolute atomic E-state index is 0.0703. The SMILES string of the molecule is CCOc1cccc(NS(=O)(=O)Cc2ccc(Br)cc2)c1. The van der Waals surface area contributed by atoms with E-state index in [0.717, 1.165) is 10.0 Å². The summed E-state index contributed by atoms with van der Waals surface area (Å²) in [6.07, 6.45) is 0. The zero-order valence-corrected chi connectivity index (χ0v) is 13.9. The molecule has 0 heterocycles. The Hall–Kier alpha value is -1.53. The van der Waals surface area contributed by atoms with Gasteiger partial charge in [-0.25, -0.2) is 8.42 Å². The Morgan fingerprint density at radius 2 is 1.86 bits per heavy atom. The molecule has 0 amide bonds. The van der Waals surface area contributed by atoms with Gasteiger partial charge in [0.2, 0.25) is 10.0 Å². The van der Waals surface area contributed by atoms with Crippen molar-refractivity contribution in [2.45, 2.75) is 12.7 Å². The van der Waals surface area contributed by atoms with Crippen molar-refractivity contribution < 1.29 is 13.2 Å². The minimum atomic E-state index is -3.45. The molecule has 1 N–H and O–H groups in total. The summed E-state index contributed by atoms with van der Waals surface area (Å²) in [6, 6.07) is 14.1. The molecule has 0 aromatic heterocycles. The van der Waals surface area contributed by atoms with Crippen LogP contribution >= 0.6 is 15.9 Å². The van der Waals surface area contributed by atoms with Gasteiger partial charge in [0.25, 0.3) is 0 Å². The van der Waals surface area contributed by atoms with E-state index in [4.69, 9.17) is 4.74 Å². The third-order valence-electron chi connectivity index (χ3n) is 2.69. The van der Waals surface area contributed by atoms with Crippen LogP contribution in [0.4, 0.5) is 5.69 Å². The number of halogens is 1. The Balaban J connectivity index is 2.10. The Morgan fingerprint density at radius 3 is 2.52 bits per heavy atom. The number of hydrogen-bond acceptors (Lipinski definition) is 3. The number of nitrogens with one attached hydrogen (secondary N) is 1. The lowest BCUT2D eigenvalue weighted by Crippen LogP contribution is -2.15. The number of benzene rings is 2. The third-order valence-corrected chi connectivity index (χ3v) is 4.48. The maximum Gasteiger partial charge on any atom is 0.236 e. The van der Waals surface area contributed by atoms with Crippen LogP contribution in [0.5, 0.6) is 5.75 Å². The molecule has 112 valence electrons. The second kappa shape index (κ2) is 6.95. The Labute approximate surface area is 133 Å². The molecule has 0 saturated carbocycles. The molecule has 0 aliphatic heterocycles. The van der Waals surface area contributed by atoms with E-state index in [1.54, 1.807) is 36.4 Å². The van der Waals surface area contributed by atoms with Crippen LogP contribution in [0.2, 0.25) is 0 Å². The second-order valence-electron chi connectivity index (χ2n) is 4.45. The summed E-state index contributed by atoms with van der Waals surface area (Å²) in [4.78, 5) is 0. The van der Waals surface area contributed by atoms with Gasteiger partial charge < -0.3 is 4.74 Å². The van der Waals surface area contributed by atoms with E-state index in [9.17, 15) is 8.42 Å². The van der Waals surface area contributed by atoms with E-state index in [0.29, 0.717) is 18.0 Å². The van der Waals surface area contributed by atoms with Crippen LogP contribution in [0.3, 0.4) is 0 Å². The van der Waals surface area contributed by atoms with Crippen molar-refractivity contribution >= 4 is 31.6 Å². The number of anilines is 1. The van der Waals surface area contributed by atoms with Crippen molar-refractivity contribution in [3.63, 3.8) is 0 Å². The molecule has 0 radical (unpaired) electrons. The highest BCUT2D eigenvalue weighted by Gasteiger charge is 2.12. The molecule has 0 atom stereocenters. The third kappa shape index (κ3) is 5.06. The zero-order valence-electron chi connectivity index (χ0n) is 11.5. The molecule has 0 bridgehead atoms. The van der Waals surface area contributed by atoms with Gasteiger partial charge in [-0.15, -0.1) is 0 Å². The van der Waals surface area contributed by atoms with Gasteiger partial charge in [-0.1, -0.05) is 34.1 Å². The summed E-state index contributed by atoms with van der Waals surface area (Å²) >= 11 is 3.32. The molecule has 2 aromatic carbocycles. The lowest BCUT2D eigenvalue weighted by atomic mass is 10.2. The van der Waals surface area contributed by atoms with Gasteiger partial charge in [-0.3, -0.25) is 4.72 Å². The summed E-state index contributed by atoms with van der Waals surface area (Å²) in [6.45, 7) is 2.42. The highest BCUT2D eigenvalue weighted by Crippen LogP contribution is 2.20. The van der Waals surface area contributed by atoms with Crippen molar-refractivity contribution in [3.8, 4) is 5.75 Å². The van der Waals surface area contributed by atoms with Gasteiger partial charge in [0.1, 0.15) is 5.75 Å². The molecule has 2 rings (SSSR count). The summed E-state index contributed by atoms with van der Waals surface area (Å²) in [5.74, 6) is 0.570. The topological polar surface area (TPSA) is 55.4 Å². The maximum atomic E-state index is 12.2. The molecular weight excluding hydrogens is 354 g/mol. The average molecular weight is 370 g/mol. The fourth-order valence-electron chi connectivity index (χ4n) is 1.83. The average Bonchev–Trinajstić information content (AvgIpc) is 2.41. The molecule has 0 saturated heterocycles. The largest absolute Gasteiger partial charge is 0.494 e. The van der Waals surface area contributed by atoms with Gasteiger partial charge >= 0.3 is 0 Å². The molecule has 4 nitrogen and oxygen atoms in total. The number of sulfonamides is 1. The van der Waals surface area contributed by atoms with Crippen molar-refractivity contribution in [3.05, 3.63) is 58.6 Å². The summed E-state index contributed by atoms with van der Waals surface area (Å²) in [5, 5.41) is 0. The molecule has 6 heteroatoms. The molecule has 0 fully saturated rings. The standard InChI is InChI=1S/C15H16BrNO3S/c1-2-20-15-5-3-4-14(10-15)17-21(18,19)11-12-6-8-13(16)9-7-12/h3-10,17H,2,11H2,1H3. The monoisotopic (exact) mass is 369 g/mol. The van der Waals surface area contributed by atoms with Gasteiger partial charge in [0.15, 0.2) is 0 Å². The van der Waals surface area contributed by atoms with E-state index in [1.165, 1.54) is 0 Å². The predicted molar refractivity (Wildman–Crippen MR) is 88.0 cm³/mol. The van der Waals surface area contributed by atoms with Crippen LogP contribution in [0.1, 0.15) is 12.5 Å². The second-order valence-corrected chi connectivity index (χ2v) is 7.09. The summed E-state index contributed by atoms with van der Waals surface area (Å²) < 4.78 is 33.2. The highest BCUT2D eigenvalue weighted by molar-refractivity contribution is 9.10. The Kier molecular flexibility index (Phi) is 5.25. The molecule has 0 aliphatic rings. The first kappa shape index (κ1) is 15.9. The predicted octanol–water partition coefficient (Wildman–Crippen LogP) is 3.79. The highest BCUT2D eigenvalue weighted by atomic mass is 79.9. The number of rotatable bonds is 6. The minimum Gasteiger partial charge on any atom is -0.494 e. The maximum absolute atomic E-state index is 12.2. The van der Waals surface area contributed by atoms with Crippen LogP contribution in [-0.4, -0.2) is 15.0 Å². The first-order chi connectivity index (χ1) is 9.98. The lowest BCUT2D eigenvalue weighted by Gasteiger charge is -2.10. The van der Waals surface area contributed by atoms with Crippen LogP contribution in [0.15, 0.2) is 53.0 Å². The van der Waals surface area contributed by atoms with Gasteiger partial charge in [0.05, 0.1) is 18.0 Å². The van der Waals surface area contributed by atoms with Crippen molar-refractivity contribution in [2.75, 3.05) is 11.3 Å². The smallest absolute Gasteiger partial charge is 0.236 e. The van der Waals surface area contributed by atoms with Crippen LogP contribution in [0.25, 0.3) is 0 Å². The van der Waals surface area contributed by atoms with Crippen molar-refractivity contribution in [1.82, 2.24) is 0 Å². The van der Waals surface area contributed by atoms with E-state index in [1.807, 2.05) is 19.1 Å². The van der Waals surface area contributed by atoms with E-state index in [-0.39, 0.29) is 5.75 Å². The molecule has 0 aliphatic carbocycles. The fraction of sp³-hybridized carbons (Fsp3) is 0.200. The molecule has 21 heavy (non-hydrogen) atoms. The van der Waals surface area contributed by atoms with Crippen LogP contribution in [0, 0.1) is 0 Å².